The molecule has 0 radical (unpaired) electrons. The van der Waals surface area contributed by atoms with E-state index in [1.165, 1.54) is 0 Å². The van der Waals surface area contributed by atoms with Gasteiger partial charge in [0.05, 0.1) is 6.54 Å². The lowest BCUT2D eigenvalue weighted by atomic mass is 10.2. The zero-order valence-corrected chi connectivity index (χ0v) is 9.91. The minimum absolute atomic E-state index is 0.165. The van der Waals surface area contributed by atoms with Gasteiger partial charge in [-0.15, -0.1) is 0 Å². The molecule has 0 aromatic heterocycles. The van der Waals surface area contributed by atoms with Crippen LogP contribution < -0.4 is 4.74 Å². The topological polar surface area (TPSA) is 29.5 Å². The fourth-order valence-corrected chi connectivity index (χ4v) is 1.94. The average molecular weight is 237 g/mol. The fraction of sp³-hybridized carbons (Fsp3) is 0.462. The van der Waals surface area contributed by atoms with Crippen molar-refractivity contribution in [1.29, 1.82) is 0 Å². The summed E-state index contributed by atoms with van der Waals surface area (Å²) in [4.78, 5) is 13.1. The molecule has 1 aliphatic rings. The molecule has 0 unspecified atom stereocenters. The molecule has 4 heteroatoms. The Labute approximate surface area is 100 Å². The Morgan fingerprint density at radius 3 is 3.00 bits per heavy atom. The quantitative estimate of drug-likeness (QED) is 0.803. The van der Waals surface area contributed by atoms with E-state index in [9.17, 15) is 9.18 Å². The van der Waals surface area contributed by atoms with E-state index in [4.69, 9.17) is 4.74 Å². The zero-order valence-electron chi connectivity index (χ0n) is 9.91. The average Bonchev–Trinajstić information content (AvgIpc) is 2.71. The summed E-state index contributed by atoms with van der Waals surface area (Å²) in [6.07, 6.45) is 1.54. The summed E-state index contributed by atoms with van der Waals surface area (Å²) in [5.74, 6) is 0.107. The highest BCUT2D eigenvalue weighted by atomic mass is 19.1. The molecule has 0 bridgehead atoms. The van der Waals surface area contributed by atoms with Gasteiger partial charge in [-0.05, 0) is 25.0 Å². The second kappa shape index (κ2) is 5.17. The number of aryl methyl sites for hydroxylation is 1. The molecule has 0 saturated carbocycles. The zero-order chi connectivity index (χ0) is 12.3. The molecule has 17 heavy (non-hydrogen) atoms. The molecule has 92 valence electrons. The third kappa shape index (κ3) is 2.75. The van der Waals surface area contributed by atoms with Gasteiger partial charge in [-0.3, -0.25) is 4.79 Å². The van der Waals surface area contributed by atoms with Crippen LogP contribution in [-0.4, -0.2) is 30.5 Å². The van der Waals surface area contributed by atoms with Gasteiger partial charge in [-0.25, -0.2) is 4.39 Å². The van der Waals surface area contributed by atoms with E-state index in [1.807, 2.05) is 0 Å². The lowest BCUT2D eigenvalue weighted by Gasteiger charge is -2.16. The molecule has 3 nitrogen and oxygen atoms in total. The van der Waals surface area contributed by atoms with Crippen molar-refractivity contribution in [2.24, 2.45) is 0 Å². The van der Waals surface area contributed by atoms with Crippen molar-refractivity contribution in [2.75, 3.05) is 19.7 Å². The number of ether oxygens (including phenoxy) is 1. The van der Waals surface area contributed by atoms with Crippen LogP contribution in [0, 0.1) is 12.7 Å². The van der Waals surface area contributed by atoms with E-state index in [0.29, 0.717) is 25.1 Å². The van der Waals surface area contributed by atoms with Crippen molar-refractivity contribution in [3.05, 3.63) is 29.6 Å². The van der Waals surface area contributed by atoms with Gasteiger partial charge < -0.3 is 9.64 Å². The van der Waals surface area contributed by atoms with Crippen LogP contribution in [0.15, 0.2) is 18.2 Å². The highest BCUT2D eigenvalue weighted by Crippen LogP contribution is 2.19. The number of hydrogen-bond donors (Lipinski definition) is 0. The predicted molar refractivity (Wildman–Crippen MR) is 62.4 cm³/mol. The number of likely N-dealkylation sites (tertiary alicyclic amines) is 1. The first-order chi connectivity index (χ1) is 8.18. The lowest BCUT2D eigenvalue weighted by molar-refractivity contribution is -0.128. The van der Waals surface area contributed by atoms with Gasteiger partial charge in [0, 0.05) is 13.0 Å². The molecular formula is C13H16FNO2. The number of halogens is 1. The van der Waals surface area contributed by atoms with Crippen molar-refractivity contribution in [2.45, 2.75) is 19.8 Å². The Balaban J connectivity index is 1.86. The van der Waals surface area contributed by atoms with Gasteiger partial charge in [0.15, 0.2) is 11.6 Å². The summed E-state index contributed by atoms with van der Waals surface area (Å²) in [5, 5.41) is 0. The van der Waals surface area contributed by atoms with Crippen LogP contribution in [0.1, 0.15) is 18.4 Å². The number of rotatable bonds is 4. The number of benzene rings is 1. The molecule has 1 saturated heterocycles. The second-order valence-electron chi connectivity index (χ2n) is 4.22. The van der Waals surface area contributed by atoms with Gasteiger partial charge in [-0.2, -0.15) is 0 Å². The first-order valence-electron chi connectivity index (χ1n) is 5.84. The molecule has 0 N–H and O–H groups in total. The predicted octanol–water partition coefficient (Wildman–Crippen LogP) is 2.14. The molecule has 0 atom stereocenters. The molecule has 1 aromatic rings. The van der Waals surface area contributed by atoms with Crippen molar-refractivity contribution >= 4 is 5.91 Å². The first kappa shape index (κ1) is 11.9. The molecule has 0 aliphatic carbocycles. The van der Waals surface area contributed by atoms with Crippen molar-refractivity contribution in [3.63, 3.8) is 0 Å². The Bertz CT molecular complexity index is 420. The monoisotopic (exact) mass is 237 g/mol. The highest BCUT2D eigenvalue weighted by molar-refractivity contribution is 5.78. The van der Waals surface area contributed by atoms with Gasteiger partial charge in [0.1, 0.15) is 6.61 Å². The summed E-state index contributed by atoms with van der Waals surface area (Å²) < 4.78 is 18.9. The summed E-state index contributed by atoms with van der Waals surface area (Å²) in [6, 6.07) is 5.06. The van der Waals surface area contributed by atoms with Gasteiger partial charge in [0.25, 0.3) is 0 Å². The SMILES string of the molecule is Cc1cccc(OCCN2CCCC2=O)c1F. The molecule has 1 heterocycles. The molecule has 1 fully saturated rings. The molecular weight excluding hydrogens is 221 g/mol. The maximum absolute atomic E-state index is 13.6. The number of nitrogens with zero attached hydrogens (tertiary/aromatic N) is 1. The molecule has 1 aromatic carbocycles. The number of hydrogen-bond acceptors (Lipinski definition) is 2. The fourth-order valence-electron chi connectivity index (χ4n) is 1.94. The Hall–Kier alpha value is -1.58. The van der Waals surface area contributed by atoms with Crippen LogP contribution in [0.3, 0.4) is 0 Å². The Kier molecular flexibility index (Phi) is 3.61. The van der Waals surface area contributed by atoms with Crippen LogP contribution in [0.25, 0.3) is 0 Å². The van der Waals surface area contributed by atoms with Crippen LogP contribution in [0.5, 0.6) is 5.75 Å². The van der Waals surface area contributed by atoms with Gasteiger partial charge in [0.2, 0.25) is 5.91 Å². The van der Waals surface area contributed by atoms with E-state index in [1.54, 1.807) is 30.0 Å². The van der Waals surface area contributed by atoms with E-state index in [2.05, 4.69) is 0 Å². The minimum Gasteiger partial charge on any atom is -0.489 e. The first-order valence-corrected chi connectivity index (χ1v) is 5.84. The maximum Gasteiger partial charge on any atom is 0.222 e. The van der Waals surface area contributed by atoms with Crippen LogP contribution in [0.4, 0.5) is 4.39 Å². The summed E-state index contributed by atoms with van der Waals surface area (Å²) >= 11 is 0. The van der Waals surface area contributed by atoms with Gasteiger partial charge >= 0.3 is 0 Å². The standard InChI is InChI=1S/C13H16FNO2/c1-10-4-2-5-11(13(10)14)17-9-8-15-7-3-6-12(15)16/h2,4-5H,3,6-9H2,1H3. The Morgan fingerprint density at radius 1 is 1.47 bits per heavy atom. The normalized spacial score (nSPS) is 15.4. The maximum atomic E-state index is 13.6. The summed E-state index contributed by atoms with van der Waals surface area (Å²) in [7, 11) is 0. The number of carbonyl (C=O) groups is 1. The largest absolute Gasteiger partial charge is 0.489 e. The second-order valence-corrected chi connectivity index (χ2v) is 4.22. The van der Waals surface area contributed by atoms with E-state index in [0.717, 1.165) is 13.0 Å². The third-order valence-electron chi connectivity index (χ3n) is 2.95. The van der Waals surface area contributed by atoms with E-state index in [-0.39, 0.29) is 17.5 Å². The highest BCUT2D eigenvalue weighted by Gasteiger charge is 2.19. The minimum atomic E-state index is -0.319. The van der Waals surface area contributed by atoms with Crippen molar-refractivity contribution < 1.29 is 13.9 Å². The van der Waals surface area contributed by atoms with Gasteiger partial charge in [-0.1, -0.05) is 12.1 Å². The third-order valence-corrected chi connectivity index (χ3v) is 2.95. The number of amides is 1. The van der Waals surface area contributed by atoms with Crippen LogP contribution in [-0.2, 0) is 4.79 Å². The van der Waals surface area contributed by atoms with E-state index >= 15 is 0 Å². The van der Waals surface area contributed by atoms with Crippen LogP contribution >= 0.6 is 0 Å². The van der Waals surface area contributed by atoms with Crippen LogP contribution in [0.2, 0.25) is 0 Å². The molecule has 1 aliphatic heterocycles. The van der Waals surface area contributed by atoms with Crippen molar-refractivity contribution in [1.82, 2.24) is 4.90 Å². The molecule has 0 spiro atoms. The Morgan fingerprint density at radius 2 is 2.29 bits per heavy atom. The summed E-state index contributed by atoms with van der Waals surface area (Å²) in [6.45, 7) is 3.36. The smallest absolute Gasteiger partial charge is 0.222 e. The summed E-state index contributed by atoms with van der Waals surface area (Å²) in [5.41, 5.74) is 0.569. The molecule has 2 rings (SSSR count). The van der Waals surface area contributed by atoms with Crippen molar-refractivity contribution in [3.8, 4) is 5.75 Å². The lowest BCUT2D eigenvalue weighted by Crippen LogP contribution is -2.29. The number of carbonyl (C=O) groups excluding carboxylic acids is 1. The van der Waals surface area contributed by atoms with E-state index < -0.39 is 0 Å². The molecule has 1 amide bonds.